The lowest BCUT2D eigenvalue weighted by Crippen LogP contribution is -2.56. The van der Waals surface area contributed by atoms with E-state index in [1.807, 2.05) is 0 Å². The van der Waals surface area contributed by atoms with E-state index in [1.54, 1.807) is 42.5 Å². The third kappa shape index (κ3) is 4.81. The Bertz CT molecular complexity index is 1200. The van der Waals surface area contributed by atoms with Crippen molar-refractivity contribution in [2.45, 2.75) is 50.3 Å². The summed E-state index contributed by atoms with van der Waals surface area (Å²) in [6, 6.07) is 9.48. The van der Waals surface area contributed by atoms with E-state index in [4.69, 9.17) is 0 Å². The third-order valence-electron chi connectivity index (χ3n) is 6.98. The average molecular weight is 515 g/mol. The number of aliphatic hydroxyl groups is 1. The van der Waals surface area contributed by atoms with Crippen molar-refractivity contribution in [3.63, 3.8) is 0 Å². The molecule has 2 fully saturated rings. The highest BCUT2D eigenvalue weighted by Crippen LogP contribution is 2.56. The zero-order chi connectivity index (χ0) is 25.6. The van der Waals surface area contributed by atoms with Gasteiger partial charge in [0.2, 0.25) is 21.6 Å². The molecular formula is C24H26F4N2O4S. The van der Waals surface area contributed by atoms with Crippen molar-refractivity contribution < 1.29 is 35.9 Å². The second kappa shape index (κ2) is 9.18. The summed E-state index contributed by atoms with van der Waals surface area (Å²) < 4.78 is 82.2. The quantitative estimate of drug-likeness (QED) is 0.530. The van der Waals surface area contributed by atoms with Crippen molar-refractivity contribution in [1.82, 2.24) is 9.62 Å². The van der Waals surface area contributed by atoms with Crippen LogP contribution in [0.25, 0.3) is 11.1 Å². The van der Waals surface area contributed by atoms with Crippen LogP contribution in [0.3, 0.4) is 0 Å². The van der Waals surface area contributed by atoms with Gasteiger partial charge in [-0.3, -0.25) is 4.79 Å². The lowest BCUT2D eigenvalue weighted by molar-refractivity contribution is -0.166. The van der Waals surface area contributed by atoms with Gasteiger partial charge in [-0.15, -0.1) is 0 Å². The predicted octanol–water partition coefficient (Wildman–Crippen LogP) is 3.26. The van der Waals surface area contributed by atoms with Crippen LogP contribution in [0.2, 0.25) is 0 Å². The molecule has 2 aromatic rings. The van der Waals surface area contributed by atoms with E-state index in [-0.39, 0.29) is 24.1 Å². The standard InChI is InChI=1S/C24H26F4N2O4S/c1-23(32,21(27)28)22(31)30-13-24(10-11-24)20(29-35(33,34)14-25)18(30)12-16-8-5-9-17(19(16)26)15-6-3-2-4-7-15/h2-9,18,20-21,29,32H,10-14H2,1H3/t18-,20+,23+/m0/s1. The average Bonchev–Trinajstić information content (AvgIpc) is 3.55. The minimum absolute atomic E-state index is 0.112. The number of benzene rings is 2. The van der Waals surface area contributed by atoms with Gasteiger partial charge in [-0.25, -0.2) is 30.7 Å². The van der Waals surface area contributed by atoms with E-state index >= 15 is 4.39 Å². The van der Waals surface area contributed by atoms with Gasteiger partial charge in [0.25, 0.3) is 12.3 Å². The van der Waals surface area contributed by atoms with E-state index < -0.39 is 57.3 Å². The number of hydrogen-bond donors (Lipinski definition) is 2. The van der Waals surface area contributed by atoms with Crippen molar-refractivity contribution in [3.8, 4) is 11.1 Å². The lowest BCUT2D eigenvalue weighted by Gasteiger charge is -2.33. The molecule has 2 aromatic carbocycles. The van der Waals surface area contributed by atoms with Gasteiger partial charge in [0.15, 0.2) is 0 Å². The first-order valence-electron chi connectivity index (χ1n) is 11.1. The number of alkyl halides is 3. The van der Waals surface area contributed by atoms with Crippen LogP contribution in [0.4, 0.5) is 17.6 Å². The zero-order valence-electron chi connectivity index (χ0n) is 18.9. The highest BCUT2D eigenvalue weighted by atomic mass is 32.2. The van der Waals surface area contributed by atoms with Crippen molar-refractivity contribution in [2.24, 2.45) is 5.41 Å². The molecule has 0 radical (unpaired) electrons. The fourth-order valence-electron chi connectivity index (χ4n) is 4.84. The Morgan fingerprint density at radius 3 is 2.43 bits per heavy atom. The minimum atomic E-state index is -4.38. The molecule has 1 spiro atoms. The van der Waals surface area contributed by atoms with E-state index in [0.717, 1.165) is 4.90 Å². The molecular weight excluding hydrogens is 488 g/mol. The number of hydrogen-bond acceptors (Lipinski definition) is 4. The SMILES string of the molecule is C[C@](O)(C(=O)N1CC2(CC2)[C@H](NS(=O)(=O)CF)[C@@H]1Cc1cccc(-c2ccccc2)c1F)C(F)F. The number of amides is 1. The molecule has 2 N–H and O–H groups in total. The molecule has 0 unspecified atom stereocenters. The third-order valence-corrected chi connectivity index (χ3v) is 7.88. The summed E-state index contributed by atoms with van der Waals surface area (Å²) in [6.45, 7) is 0.575. The molecule has 11 heteroatoms. The molecule has 6 nitrogen and oxygen atoms in total. The molecule has 1 saturated carbocycles. The smallest absolute Gasteiger partial charge is 0.275 e. The van der Waals surface area contributed by atoms with Gasteiger partial charge in [-0.2, -0.15) is 0 Å². The molecule has 4 rings (SSSR count). The van der Waals surface area contributed by atoms with E-state index in [9.17, 15) is 31.5 Å². The van der Waals surface area contributed by atoms with Crippen LogP contribution >= 0.6 is 0 Å². The van der Waals surface area contributed by atoms with E-state index in [0.29, 0.717) is 25.3 Å². The second-order valence-electron chi connectivity index (χ2n) is 9.48. The summed E-state index contributed by atoms with van der Waals surface area (Å²) >= 11 is 0. The molecule has 35 heavy (non-hydrogen) atoms. The van der Waals surface area contributed by atoms with Crippen LogP contribution in [0, 0.1) is 11.2 Å². The molecule has 1 saturated heterocycles. The van der Waals surface area contributed by atoms with Gasteiger partial charge in [-0.05, 0) is 37.3 Å². The van der Waals surface area contributed by atoms with Crippen LogP contribution < -0.4 is 4.72 Å². The van der Waals surface area contributed by atoms with Gasteiger partial charge in [0.05, 0.1) is 6.04 Å². The van der Waals surface area contributed by atoms with Crippen molar-refractivity contribution in [1.29, 1.82) is 0 Å². The topological polar surface area (TPSA) is 86.7 Å². The summed E-state index contributed by atoms with van der Waals surface area (Å²) in [7, 11) is -4.38. The fourth-order valence-corrected chi connectivity index (χ4v) is 5.70. The maximum Gasteiger partial charge on any atom is 0.275 e. The summed E-state index contributed by atoms with van der Waals surface area (Å²) in [6.07, 6.45) is -2.68. The number of rotatable bonds is 8. The maximum atomic E-state index is 15.6. The van der Waals surface area contributed by atoms with Crippen molar-refractivity contribution in [2.75, 3.05) is 12.6 Å². The van der Waals surface area contributed by atoms with Crippen LogP contribution in [-0.4, -0.2) is 61.0 Å². The summed E-state index contributed by atoms with van der Waals surface area (Å²) in [4.78, 5) is 14.0. The van der Waals surface area contributed by atoms with Crippen LogP contribution in [0.15, 0.2) is 48.5 Å². The second-order valence-corrected chi connectivity index (χ2v) is 11.2. The Labute approximate surface area is 201 Å². The molecule has 1 heterocycles. The zero-order valence-corrected chi connectivity index (χ0v) is 19.7. The number of halogens is 4. The molecule has 190 valence electrons. The van der Waals surface area contributed by atoms with Crippen LogP contribution in [-0.2, 0) is 21.2 Å². The van der Waals surface area contributed by atoms with Gasteiger partial charge < -0.3 is 10.0 Å². The Balaban J connectivity index is 1.75. The number of sulfonamides is 1. The highest BCUT2D eigenvalue weighted by Gasteiger charge is 2.63. The number of carbonyl (C=O) groups excluding carboxylic acids is 1. The van der Waals surface area contributed by atoms with Gasteiger partial charge >= 0.3 is 0 Å². The number of likely N-dealkylation sites (tertiary alicyclic amines) is 1. The van der Waals surface area contributed by atoms with E-state index in [2.05, 4.69) is 4.72 Å². The molecule has 3 atom stereocenters. The number of carbonyl (C=O) groups is 1. The summed E-state index contributed by atoms with van der Waals surface area (Å²) in [5.41, 5.74) is -2.81. The normalized spacial score (nSPS) is 23.0. The molecule has 1 aliphatic heterocycles. The monoisotopic (exact) mass is 514 g/mol. The van der Waals surface area contributed by atoms with Crippen molar-refractivity contribution in [3.05, 3.63) is 59.9 Å². The first-order valence-corrected chi connectivity index (χ1v) is 12.8. The predicted molar refractivity (Wildman–Crippen MR) is 121 cm³/mol. The van der Waals surface area contributed by atoms with E-state index in [1.165, 1.54) is 6.07 Å². The van der Waals surface area contributed by atoms with Gasteiger partial charge in [0.1, 0.15) is 5.82 Å². The molecule has 1 amide bonds. The minimum Gasteiger partial charge on any atom is -0.375 e. The Hall–Kier alpha value is -2.50. The number of nitrogens with one attached hydrogen (secondary N) is 1. The fraction of sp³-hybridized carbons (Fsp3) is 0.458. The molecule has 2 aliphatic rings. The van der Waals surface area contributed by atoms with Crippen LogP contribution in [0.1, 0.15) is 25.3 Å². The van der Waals surface area contributed by atoms with Crippen LogP contribution in [0.5, 0.6) is 0 Å². The molecule has 0 aromatic heterocycles. The number of nitrogens with zero attached hydrogens (tertiary/aromatic N) is 1. The van der Waals surface area contributed by atoms with Crippen molar-refractivity contribution >= 4 is 15.9 Å². The Kier molecular flexibility index (Phi) is 6.71. The Morgan fingerprint density at radius 2 is 1.86 bits per heavy atom. The first kappa shape index (κ1) is 25.6. The molecule has 1 aliphatic carbocycles. The maximum absolute atomic E-state index is 15.6. The Morgan fingerprint density at radius 1 is 1.20 bits per heavy atom. The molecule has 0 bridgehead atoms. The highest BCUT2D eigenvalue weighted by molar-refractivity contribution is 7.89. The lowest BCUT2D eigenvalue weighted by atomic mass is 9.91. The van der Waals surface area contributed by atoms with Gasteiger partial charge in [0, 0.05) is 23.6 Å². The summed E-state index contributed by atoms with van der Waals surface area (Å²) in [5.74, 6) is -1.89. The summed E-state index contributed by atoms with van der Waals surface area (Å²) in [5, 5.41) is 10.2. The van der Waals surface area contributed by atoms with Gasteiger partial charge in [-0.1, -0.05) is 48.5 Å². The first-order chi connectivity index (χ1) is 16.4. The largest absolute Gasteiger partial charge is 0.375 e.